The van der Waals surface area contributed by atoms with E-state index in [0.29, 0.717) is 25.0 Å². The molecule has 33 heavy (non-hydrogen) atoms. The van der Waals surface area contributed by atoms with E-state index in [2.05, 4.69) is 5.32 Å². The van der Waals surface area contributed by atoms with Gasteiger partial charge in [0.05, 0.1) is 18.2 Å². The molecule has 1 aromatic rings. The van der Waals surface area contributed by atoms with Crippen molar-refractivity contribution in [2.75, 3.05) is 13.2 Å². The highest BCUT2D eigenvalue weighted by Crippen LogP contribution is 2.37. The summed E-state index contributed by atoms with van der Waals surface area (Å²) in [5.74, 6) is -0.639. The van der Waals surface area contributed by atoms with Gasteiger partial charge in [-0.1, -0.05) is 44.2 Å². The summed E-state index contributed by atoms with van der Waals surface area (Å²) in [6.07, 6.45) is 1.62. The van der Waals surface area contributed by atoms with E-state index in [-0.39, 0.29) is 24.5 Å². The standard InChI is InChI=1S/C25H35N3O5/c1-7-32-21(29)19-16-28-22(30)25(15-18-11-9-8-10-12-18,26-23(31)33-24(4,5)6)13-14-27(28)20(19)17(2)3/h8-12,16-17,20H,7,13-15H2,1-6H3,(H,26,31). The maximum Gasteiger partial charge on any atom is 0.408 e. The van der Waals surface area contributed by atoms with Gasteiger partial charge < -0.3 is 14.8 Å². The fraction of sp³-hybridized carbons (Fsp3) is 0.560. The highest BCUT2D eigenvalue weighted by molar-refractivity contribution is 5.95. The Balaban J connectivity index is 1.97. The number of amides is 2. The molecule has 0 saturated carbocycles. The van der Waals surface area contributed by atoms with Crippen molar-refractivity contribution in [3.8, 4) is 0 Å². The van der Waals surface area contributed by atoms with E-state index >= 15 is 0 Å². The largest absolute Gasteiger partial charge is 0.463 e. The minimum absolute atomic E-state index is 0.0823. The molecule has 2 atom stereocenters. The van der Waals surface area contributed by atoms with Crippen LogP contribution in [-0.2, 0) is 25.5 Å². The van der Waals surface area contributed by atoms with Crippen LogP contribution in [-0.4, -0.2) is 58.3 Å². The summed E-state index contributed by atoms with van der Waals surface area (Å²) in [6.45, 7) is 11.9. The Morgan fingerprint density at radius 3 is 2.45 bits per heavy atom. The van der Waals surface area contributed by atoms with Crippen molar-refractivity contribution >= 4 is 18.0 Å². The van der Waals surface area contributed by atoms with E-state index in [1.807, 2.05) is 49.2 Å². The van der Waals surface area contributed by atoms with Crippen molar-refractivity contribution < 1.29 is 23.9 Å². The third kappa shape index (κ3) is 5.38. The Kier molecular flexibility index (Phi) is 7.17. The zero-order chi connectivity index (χ0) is 24.4. The van der Waals surface area contributed by atoms with Crippen LogP contribution in [0.5, 0.6) is 0 Å². The van der Waals surface area contributed by atoms with Gasteiger partial charge in [-0.05, 0) is 45.6 Å². The molecule has 8 heteroatoms. The average molecular weight is 458 g/mol. The van der Waals surface area contributed by atoms with Gasteiger partial charge in [0.15, 0.2) is 0 Å². The third-order valence-corrected chi connectivity index (χ3v) is 5.79. The second-order valence-electron chi connectivity index (χ2n) is 9.93. The number of nitrogens with zero attached hydrogens (tertiary/aromatic N) is 2. The van der Waals surface area contributed by atoms with Gasteiger partial charge in [0, 0.05) is 19.2 Å². The van der Waals surface area contributed by atoms with Crippen molar-refractivity contribution in [3.05, 3.63) is 47.7 Å². The molecule has 2 unspecified atom stereocenters. The van der Waals surface area contributed by atoms with Crippen LogP contribution in [0.4, 0.5) is 4.79 Å². The van der Waals surface area contributed by atoms with Crippen LogP contribution in [0.25, 0.3) is 0 Å². The number of rotatable bonds is 6. The number of alkyl carbamates (subject to hydrolysis) is 1. The highest BCUT2D eigenvalue weighted by atomic mass is 16.6. The summed E-state index contributed by atoms with van der Waals surface area (Å²) in [7, 11) is 0. The monoisotopic (exact) mass is 457 g/mol. The van der Waals surface area contributed by atoms with Gasteiger partial charge in [0.1, 0.15) is 11.1 Å². The quantitative estimate of drug-likeness (QED) is 0.659. The van der Waals surface area contributed by atoms with Crippen LogP contribution in [0.1, 0.15) is 53.5 Å². The van der Waals surface area contributed by atoms with Crippen molar-refractivity contribution in [1.82, 2.24) is 15.3 Å². The van der Waals surface area contributed by atoms with E-state index in [0.717, 1.165) is 5.56 Å². The van der Waals surface area contributed by atoms with Gasteiger partial charge in [0.2, 0.25) is 0 Å². The molecule has 0 spiro atoms. The molecule has 0 bridgehead atoms. The molecule has 0 aromatic heterocycles. The summed E-state index contributed by atoms with van der Waals surface area (Å²) < 4.78 is 10.7. The van der Waals surface area contributed by atoms with Crippen LogP contribution in [0.2, 0.25) is 0 Å². The van der Waals surface area contributed by atoms with Crippen molar-refractivity contribution in [2.45, 2.75) is 71.6 Å². The summed E-state index contributed by atoms with van der Waals surface area (Å²) in [4.78, 5) is 39.4. The molecular weight excluding hydrogens is 422 g/mol. The predicted molar refractivity (Wildman–Crippen MR) is 124 cm³/mol. The zero-order valence-corrected chi connectivity index (χ0v) is 20.4. The number of esters is 1. The topological polar surface area (TPSA) is 88.2 Å². The molecule has 1 aromatic carbocycles. The molecule has 2 amide bonds. The van der Waals surface area contributed by atoms with E-state index in [1.54, 1.807) is 33.9 Å². The molecule has 0 aliphatic carbocycles. The Hall–Kier alpha value is -2.87. The normalized spacial score (nSPS) is 23.2. The van der Waals surface area contributed by atoms with Gasteiger partial charge in [-0.2, -0.15) is 0 Å². The molecule has 3 rings (SSSR count). The van der Waals surface area contributed by atoms with Crippen molar-refractivity contribution in [1.29, 1.82) is 0 Å². The third-order valence-electron chi connectivity index (χ3n) is 5.79. The van der Waals surface area contributed by atoms with Crippen molar-refractivity contribution in [2.24, 2.45) is 5.92 Å². The maximum absolute atomic E-state index is 13.9. The number of nitrogens with one attached hydrogen (secondary N) is 1. The lowest BCUT2D eigenvalue weighted by atomic mass is 9.84. The Morgan fingerprint density at radius 1 is 1.21 bits per heavy atom. The molecule has 1 N–H and O–H groups in total. The second-order valence-corrected chi connectivity index (χ2v) is 9.93. The first-order valence-electron chi connectivity index (χ1n) is 11.5. The molecule has 1 fully saturated rings. The molecular formula is C25H35N3O5. The fourth-order valence-corrected chi connectivity index (χ4v) is 4.49. The summed E-state index contributed by atoms with van der Waals surface area (Å²) in [5.41, 5.74) is -0.533. The van der Waals surface area contributed by atoms with Crippen LogP contribution < -0.4 is 5.32 Å². The van der Waals surface area contributed by atoms with E-state index < -0.39 is 23.2 Å². The van der Waals surface area contributed by atoms with Crippen LogP contribution >= 0.6 is 0 Å². The second kappa shape index (κ2) is 9.55. The number of fused-ring (bicyclic) bond motifs is 1. The van der Waals surface area contributed by atoms with Crippen LogP contribution in [0.15, 0.2) is 42.1 Å². The summed E-state index contributed by atoms with van der Waals surface area (Å²) in [6, 6.07) is 9.30. The maximum atomic E-state index is 13.9. The SMILES string of the molecule is CCOC(=O)C1=CN2C(=O)C(Cc3ccccc3)(NC(=O)OC(C)(C)C)CCN2C1C(C)C. The molecule has 2 aliphatic heterocycles. The lowest BCUT2D eigenvalue weighted by molar-refractivity contribution is -0.160. The zero-order valence-electron chi connectivity index (χ0n) is 20.4. The number of carbonyl (C=O) groups is 3. The molecule has 180 valence electrons. The Bertz CT molecular complexity index is 922. The van der Waals surface area contributed by atoms with Gasteiger partial charge in [-0.25, -0.2) is 19.6 Å². The lowest BCUT2D eigenvalue weighted by Gasteiger charge is -2.46. The number of hydrogen-bond donors (Lipinski definition) is 1. The number of ether oxygens (including phenoxy) is 2. The molecule has 0 radical (unpaired) electrons. The first kappa shape index (κ1) is 24.8. The van der Waals surface area contributed by atoms with Crippen LogP contribution in [0.3, 0.4) is 0 Å². The lowest BCUT2D eigenvalue weighted by Crippen LogP contribution is -2.68. The van der Waals surface area contributed by atoms with Gasteiger partial charge in [-0.3, -0.25) is 4.79 Å². The minimum atomic E-state index is -1.21. The highest BCUT2D eigenvalue weighted by Gasteiger charge is 2.53. The van der Waals surface area contributed by atoms with Gasteiger partial charge in [-0.15, -0.1) is 0 Å². The smallest absolute Gasteiger partial charge is 0.408 e. The summed E-state index contributed by atoms with van der Waals surface area (Å²) >= 11 is 0. The molecule has 1 saturated heterocycles. The summed E-state index contributed by atoms with van der Waals surface area (Å²) in [5, 5.41) is 6.28. The first-order valence-corrected chi connectivity index (χ1v) is 11.5. The predicted octanol–water partition coefficient (Wildman–Crippen LogP) is 3.43. The first-order chi connectivity index (χ1) is 15.5. The average Bonchev–Trinajstić information content (AvgIpc) is 3.11. The Morgan fingerprint density at radius 2 is 1.88 bits per heavy atom. The van der Waals surface area contributed by atoms with E-state index in [4.69, 9.17) is 9.47 Å². The minimum Gasteiger partial charge on any atom is -0.463 e. The van der Waals surface area contributed by atoms with Crippen molar-refractivity contribution in [3.63, 3.8) is 0 Å². The van der Waals surface area contributed by atoms with E-state index in [1.165, 1.54) is 5.01 Å². The molecule has 2 aliphatic rings. The van der Waals surface area contributed by atoms with Gasteiger partial charge in [0.25, 0.3) is 5.91 Å². The van der Waals surface area contributed by atoms with Gasteiger partial charge >= 0.3 is 12.1 Å². The molecule has 2 heterocycles. The number of carbonyl (C=O) groups excluding carboxylic acids is 3. The number of hydrogen-bond acceptors (Lipinski definition) is 6. The molecule has 8 nitrogen and oxygen atoms in total. The van der Waals surface area contributed by atoms with Crippen LogP contribution in [0, 0.1) is 5.92 Å². The Labute approximate surface area is 195 Å². The number of benzene rings is 1. The number of hydrazine groups is 1. The fourth-order valence-electron chi connectivity index (χ4n) is 4.49. The van der Waals surface area contributed by atoms with E-state index in [9.17, 15) is 14.4 Å².